The standard InChI is InChI=1S/C18H26N4O2/c1-3-14(18-21-15-9-6-7-10-16(15)22-18)20-17(24)11-5-4-8-12-19-13(2)23/h6-7,9-10,14H,3-5,8,11-12H2,1-2H3,(H,19,23)(H,20,24)(H,21,22). The number of carbonyl (C=O) groups is 2. The fourth-order valence-corrected chi connectivity index (χ4v) is 2.62. The van der Waals surface area contributed by atoms with E-state index in [9.17, 15) is 9.59 Å². The lowest BCUT2D eigenvalue weighted by molar-refractivity contribution is -0.122. The summed E-state index contributed by atoms with van der Waals surface area (Å²) in [6.45, 7) is 4.22. The second-order valence-electron chi connectivity index (χ2n) is 5.96. The number of aromatic nitrogens is 2. The van der Waals surface area contributed by atoms with E-state index in [2.05, 4.69) is 20.6 Å². The molecule has 0 aliphatic carbocycles. The summed E-state index contributed by atoms with van der Waals surface area (Å²) in [7, 11) is 0. The van der Waals surface area contributed by atoms with Crippen molar-refractivity contribution >= 4 is 22.8 Å². The minimum Gasteiger partial charge on any atom is -0.356 e. The highest BCUT2D eigenvalue weighted by Gasteiger charge is 2.16. The first kappa shape index (κ1) is 18.0. The van der Waals surface area contributed by atoms with Crippen molar-refractivity contribution in [3.63, 3.8) is 0 Å². The number of aromatic amines is 1. The van der Waals surface area contributed by atoms with E-state index < -0.39 is 0 Å². The van der Waals surface area contributed by atoms with Crippen LogP contribution in [0.15, 0.2) is 24.3 Å². The maximum Gasteiger partial charge on any atom is 0.220 e. The summed E-state index contributed by atoms with van der Waals surface area (Å²) in [6, 6.07) is 7.76. The molecule has 1 heterocycles. The van der Waals surface area contributed by atoms with Crippen molar-refractivity contribution in [2.45, 2.75) is 52.0 Å². The molecule has 0 radical (unpaired) electrons. The van der Waals surface area contributed by atoms with Crippen LogP contribution in [-0.2, 0) is 9.59 Å². The Morgan fingerprint density at radius 1 is 1.21 bits per heavy atom. The molecule has 2 rings (SSSR count). The molecule has 2 amide bonds. The van der Waals surface area contributed by atoms with Gasteiger partial charge in [-0.3, -0.25) is 9.59 Å². The van der Waals surface area contributed by atoms with Gasteiger partial charge in [-0.05, 0) is 31.4 Å². The van der Waals surface area contributed by atoms with Gasteiger partial charge in [-0.25, -0.2) is 4.98 Å². The molecule has 0 saturated carbocycles. The van der Waals surface area contributed by atoms with E-state index in [1.54, 1.807) is 0 Å². The number of nitrogens with zero attached hydrogens (tertiary/aromatic N) is 1. The van der Waals surface area contributed by atoms with E-state index in [4.69, 9.17) is 0 Å². The van der Waals surface area contributed by atoms with Crippen molar-refractivity contribution in [1.29, 1.82) is 0 Å². The normalized spacial score (nSPS) is 12.1. The monoisotopic (exact) mass is 330 g/mol. The number of fused-ring (bicyclic) bond motifs is 1. The van der Waals surface area contributed by atoms with E-state index in [0.717, 1.165) is 42.5 Å². The second kappa shape index (κ2) is 9.05. The summed E-state index contributed by atoms with van der Waals surface area (Å²) in [4.78, 5) is 30.7. The molecule has 1 aromatic heterocycles. The Kier molecular flexibility index (Phi) is 6.78. The molecule has 1 aromatic carbocycles. The van der Waals surface area contributed by atoms with Crippen LogP contribution < -0.4 is 10.6 Å². The van der Waals surface area contributed by atoms with Crippen molar-refractivity contribution in [3.05, 3.63) is 30.1 Å². The van der Waals surface area contributed by atoms with Crippen molar-refractivity contribution in [1.82, 2.24) is 20.6 Å². The van der Waals surface area contributed by atoms with E-state index in [-0.39, 0.29) is 17.9 Å². The fourth-order valence-electron chi connectivity index (χ4n) is 2.62. The minimum absolute atomic E-state index is 0.00985. The van der Waals surface area contributed by atoms with Crippen LogP contribution in [0.3, 0.4) is 0 Å². The predicted molar refractivity (Wildman–Crippen MR) is 94.4 cm³/mol. The first-order chi connectivity index (χ1) is 11.6. The van der Waals surface area contributed by atoms with Crippen LogP contribution in [0.25, 0.3) is 11.0 Å². The number of rotatable bonds is 9. The zero-order valence-electron chi connectivity index (χ0n) is 14.4. The number of unbranched alkanes of at least 4 members (excludes halogenated alkanes) is 2. The minimum atomic E-state index is -0.0933. The molecule has 0 saturated heterocycles. The number of imidazole rings is 1. The third kappa shape index (κ3) is 5.37. The highest BCUT2D eigenvalue weighted by Crippen LogP contribution is 2.18. The second-order valence-corrected chi connectivity index (χ2v) is 5.96. The van der Waals surface area contributed by atoms with E-state index >= 15 is 0 Å². The number of nitrogens with one attached hydrogen (secondary N) is 3. The zero-order chi connectivity index (χ0) is 17.4. The van der Waals surface area contributed by atoms with Crippen LogP contribution in [0.5, 0.6) is 0 Å². The molecule has 130 valence electrons. The average molecular weight is 330 g/mol. The van der Waals surface area contributed by atoms with Gasteiger partial charge in [0, 0.05) is 19.9 Å². The number of hydrogen-bond donors (Lipinski definition) is 3. The van der Waals surface area contributed by atoms with Crippen molar-refractivity contribution in [2.24, 2.45) is 0 Å². The topological polar surface area (TPSA) is 86.9 Å². The molecule has 2 aromatic rings. The lowest BCUT2D eigenvalue weighted by atomic mass is 10.1. The van der Waals surface area contributed by atoms with Gasteiger partial charge in [0.25, 0.3) is 0 Å². The van der Waals surface area contributed by atoms with Crippen LogP contribution in [-0.4, -0.2) is 28.3 Å². The smallest absolute Gasteiger partial charge is 0.220 e. The molecule has 6 heteroatoms. The highest BCUT2D eigenvalue weighted by atomic mass is 16.2. The van der Waals surface area contributed by atoms with Gasteiger partial charge in [-0.1, -0.05) is 25.5 Å². The summed E-state index contributed by atoms with van der Waals surface area (Å²) in [5.41, 5.74) is 1.90. The van der Waals surface area contributed by atoms with Crippen molar-refractivity contribution in [2.75, 3.05) is 6.54 Å². The molecule has 0 fully saturated rings. The number of hydrogen-bond acceptors (Lipinski definition) is 3. The van der Waals surface area contributed by atoms with Gasteiger partial charge >= 0.3 is 0 Å². The molecule has 6 nitrogen and oxygen atoms in total. The molecule has 0 spiro atoms. The van der Waals surface area contributed by atoms with Gasteiger partial charge in [0.2, 0.25) is 11.8 Å². The van der Waals surface area contributed by atoms with Gasteiger partial charge < -0.3 is 15.6 Å². The van der Waals surface area contributed by atoms with Gasteiger partial charge in [-0.2, -0.15) is 0 Å². The van der Waals surface area contributed by atoms with E-state index in [1.165, 1.54) is 6.92 Å². The van der Waals surface area contributed by atoms with Crippen LogP contribution >= 0.6 is 0 Å². The summed E-state index contributed by atoms with van der Waals surface area (Å²) in [5, 5.41) is 5.81. The Hall–Kier alpha value is -2.37. The molecule has 0 aliphatic heterocycles. The van der Waals surface area contributed by atoms with Gasteiger partial charge in [0.05, 0.1) is 17.1 Å². The number of H-pyrrole nitrogens is 1. The SMILES string of the molecule is CCC(NC(=O)CCCCCNC(C)=O)c1nc2ccccc2[nH]1. The number of benzene rings is 1. The number of para-hydroxylation sites is 2. The third-order valence-corrected chi connectivity index (χ3v) is 3.94. The maximum absolute atomic E-state index is 12.1. The van der Waals surface area contributed by atoms with Crippen LogP contribution in [0.1, 0.15) is 57.8 Å². The first-order valence-corrected chi connectivity index (χ1v) is 8.58. The molecule has 0 bridgehead atoms. The van der Waals surface area contributed by atoms with Crippen molar-refractivity contribution < 1.29 is 9.59 Å². The maximum atomic E-state index is 12.1. The molecular weight excluding hydrogens is 304 g/mol. The van der Waals surface area contributed by atoms with E-state index in [0.29, 0.717) is 13.0 Å². The van der Waals surface area contributed by atoms with Gasteiger partial charge in [0.1, 0.15) is 5.82 Å². The first-order valence-electron chi connectivity index (χ1n) is 8.58. The molecular formula is C18H26N4O2. The zero-order valence-corrected chi connectivity index (χ0v) is 14.4. The largest absolute Gasteiger partial charge is 0.356 e. The summed E-state index contributed by atoms with van der Waals surface area (Å²) >= 11 is 0. The Labute approximate surface area is 142 Å². The quantitative estimate of drug-likeness (QED) is 0.618. The molecule has 1 unspecified atom stereocenters. The van der Waals surface area contributed by atoms with Gasteiger partial charge in [-0.15, -0.1) is 0 Å². The highest BCUT2D eigenvalue weighted by molar-refractivity contribution is 5.77. The molecule has 1 atom stereocenters. The molecule has 24 heavy (non-hydrogen) atoms. The Bertz CT molecular complexity index is 647. The number of amides is 2. The third-order valence-electron chi connectivity index (χ3n) is 3.94. The van der Waals surface area contributed by atoms with Crippen LogP contribution in [0.2, 0.25) is 0 Å². The Morgan fingerprint density at radius 3 is 2.71 bits per heavy atom. The lowest BCUT2D eigenvalue weighted by Gasteiger charge is -2.14. The van der Waals surface area contributed by atoms with Crippen LogP contribution in [0, 0.1) is 0 Å². The molecule has 0 aliphatic rings. The Morgan fingerprint density at radius 2 is 2.00 bits per heavy atom. The fraction of sp³-hybridized carbons (Fsp3) is 0.500. The van der Waals surface area contributed by atoms with Crippen LogP contribution in [0.4, 0.5) is 0 Å². The average Bonchev–Trinajstić information content (AvgIpc) is 2.99. The predicted octanol–water partition coefficient (Wildman–Crippen LogP) is 2.83. The van der Waals surface area contributed by atoms with E-state index in [1.807, 2.05) is 31.2 Å². The Balaban J connectivity index is 1.77. The number of carbonyl (C=O) groups excluding carboxylic acids is 2. The molecule has 3 N–H and O–H groups in total. The lowest BCUT2D eigenvalue weighted by Crippen LogP contribution is -2.28. The van der Waals surface area contributed by atoms with Crippen molar-refractivity contribution in [3.8, 4) is 0 Å². The van der Waals surface area contributed by atoms with Gasteiger partial charge in [0.15, 0.2) is 0 Å². The summed E-state index contributed by atoms with van der Waals surface area (Å²) < 4.78 is 0. The summed E-state index contributed by atoms with van der Waals surface area (Å²) in [6.07, 6.45) is 3.93. The summed E-state index contributed by atoms with van der Waals surface area (Å²) in [5.74, 6) is 0.837.